The summed E-state index contributed by atoms with van der Waals surface area (Å²) in [6.45, 7) is 1.33. The van der Waals surface area contributed by atoms with E-state index in [9.17, 15) is 17.6 Å². The molecule has 0 spiro atoms. The third-order valence-corrected chi connectivity index (χ3v) is 5.51. The Balaban J connectivity index is 2.14. The van der Waals surface area contributed by atoms with Crippen LogP contribution in [0.3, 0.4) is 0 Å². The first kappa shape index (κ1) is 16.2. The van der Waals surface area contributed by atoms with Crippen LogP contribution in [0.4, 0.5) is 4.39 Å². The first-order valence-electron chi connectivity index (χ1n) is 6.54. The number of rotatable bonds is 3. The minimum Gasteiger partial charge on any atom is -0.340 e. The summed E-state index contributed by atoms with van der Waals surface area (Å²) in [4.78, 5) is 13.2. The van der Waals surface area contributed by atoms with Crippen molar-refractivity contribution in [3.8, 4) is 0 Å². The predicted octanol–water partition coefficient (Wildman–Crippen LogP) is 1.29. The third kappa shape index (κ3) is 3.72. The van der Waals surface area contributed by atoms with Gasteiger partial charge in [0, 0.05) is 26.2 Å². The van der Waals surface area contributed by atoms with E-state index in [1.165, 1.54) is 16.4 Å². The van der Waals surface area contributed by atoms with Crippen molar-refractivity contribution in [2.75, 3.05) is 32.1 Å². The summed E-state index contributed by atoms with van der Waals surface area (Å²) in [5.74, 6) is -0.786. The van der Waals surface area contributed by atoms with Gasteiger partial charge in [-0.25, -0.2) is 12.8 Å². The van der Waals surface area contributed by atoms with Crippen LogP contribution in [0, 0.1) is 5.82 Å². The number of benzene rings is 1. The van der Waals surface area contributed by atoms with Gasteiger partial charge in [-0.05, 0) is 30.7 Å². The molecule has 0 radical (unpaired) electrons. The van der Waals surface area contributed by atoms with E-state index in [-0.39, 0.29) is 23.2 Å². The van der Waals surface area contributed by atoms with Crippen molar-refractivity contribution in [3.05, 3.63) is 30.1 Å². The molecule has 0 bridgehead atoms. The van der Waals surface area contributed by atoms with Gasteiger partial charge in [-0.2, -0.15) is 4.31 Å². The number of sulfonamides is 1. The van der Waals surface area contributed by atoms with E-state index in [4.69, 9.17) is 11.6 Å². The lowest BCUT2D eigenvalue weighted by Gasteiger charge is -2.21. The zero-order valence-corrected chi connectivity index (χ0v) is 12.9. The van der Waals surface area contributed by atoms with E-state index >= 15 is 0 Å². The van der Waals surface area contributed by atoms with E-state index in [0.29, 0.717) is 26.1 Å². The molecule has 2 rings (SSSR count). The number of alkyl halides is 1. The molecule has 8 heteroatoms. The summed E-state index contributed by atoms with van der Waals surface area (Å²) < 4.78 is 39.2. The van der Waals surface area contributed by atoms with Crippen LogP contribution in [-0.4, -0.2) is 55.6 Å². The van der Waals surface area contributed by atoms with Crippen molar-refractivity contribution < 1.29 is 17.6 Å². The number of hydrogen-bond donors (Lipinski definition) is 0. The molecular weight excluding hydrogens is 319 g/mol. The second kappa shape index (κ2) is 6.72. The van der Waals surface area contributed by atoms with Gasteiger partial charge in [0.2, 0.25) is 15.9 Å². The predicted molar refractivity (Wildman–Crippen MR) is 77.1 cm³/mol. The van der Waals surface area contributed by atoms with Crippen molar-refractivity contribution in [1.29, 1.82) is 0 Å². The molecule has 0 atom stereocenters. The van der Waals surface area contributed by atoms with Crippen LogP contribution in [-0.2, 0) is 14.8 Å². The lowest BCUT2D eigenvalue weighted by atomic mass is 10.4. The van der Waals surface area contributed by atoms with E-state index in [2.05, 4.69) is 0 Å². The first-order chi connectivity index (χ1) is 9.95. The topological polar surface area (TPSA) is 57.7 Å². The van der Waals surface area contributed by atoms with Crippen LogP contribution >= 0.6 is 11.6 Å². The largest absolute Gasteiger partial charge is 0.340 e. The molecule has 21 heavy (non-hydrogen) atoms. The molecule has 5 nitrogen and oxygen atoms in total. The molecule has 0 unspecified atom stereocenters. The summed E-state index contributed by atoms with van der Waals surface area (Å²) in [6, 6.07) is 4.73. The maximum atomic E-state index is 12.9. The molecular formula is C13H16ClFN2O3S. The van der Waals surface area contributed by atoms with Gasteiger partial charge in [-0.15, -0.1) is 11.6 Å². The van der Waals surface area contributed by atoms with E-state index in [1.807, 2.05) is 0 Å². The van der Waals surface area contributed by atoms with Crippen molar-refractivity contribution in [1.82, 2.24) is 9.21 Å². The molecule has 1 saturated heterocycles. The number of nitrogens with zero attached hydrogens (tertiary/aromatic N) is 2. The molecule has 1 aliphatic heterocycles. The monoisotopic (exact) mass is 334 g/mol. The molecule has 0 aliphatic carbocycles. The van der Waals surface area contributed by atoms with Crippen molar-refractivity contribution in [2.24, 2.45) is 0 Å². The lowest BCUT2D eigenvalue weighted by Crippen LogP contribution is -2.37. The van der Waals surface area contributed by atoms with E-state index in [1.54, 1.807) is 4.90 Å². The Morgan fingerprint density at radius 1 is 1.14 bits per heavy atom. The van der Waals surface area contributed by atoms with Gasteiger partial charge in [0.05, 0.1) is 4.90 Å². The second-order valence-corrected chi connectivity index (χ2v) is 6.93. The SMILES string of the molecule is O=C(CCl)N1CCCN(S(=O)(=O)c2ccc(F)cc2)CC1. The minimum absolute atomic E-state index is 0.0565. The maximum absolute atomic E-state index is 12.9. The number of hydrogen-bond acceptors (Lipinski definition) is 3. The molecule has 1 aromatic carbocycles. The standard InChI is InChI=1S/C13H16ClFN2O3S/c14-10-13(18)16-6-1-7-17(9-8-16)21(19,20)12-4-2-11(15)3-5-12/h2-5H,1,6-10H2. The van der Waals surface area contributed by atoms with Gasteiger partial charge in [-0.3, -0.25) is 4.79 Å². The highest BCUT2D eigenvalue weighted by Crippen LogP contribution is 2.18. The molecule has 1 fully saturated rings. The molecule has 0 N–H and O–H groups in total. The van der Waals surface area contributed by atoms with Crippen LogP contribution in [0.5, 0.6) is 0 Å². The highest BCUT2D eigenvalue weighted by Gasteiger charge is 2.27. The Morgan fingerprint density at radius 3 is 2.43 bits per heavy atom. The normalized spacial score (nSPS) is 17.5. The quantitative estimate of drug-likeness (QED) is 0.783. The number of carbonyl (C=O) groups is 1. The zero-order chi connectivity index (χ0) is 15.5. The summed E-state index contributed by atoms with van der Waals surface area (Å²) >= 11 is 5.52. The maximum Gasteiger partial charge on any atom is 0.243 e. The highest BCUT2D eigenvalue weighted by atomic mass is 35.5. The summed E-state index contributed by atoms with van der Waals surface area (Å²) in [6.07, 6.45) is 0.545. The Labute approximate surface area is 128 Å². The van der Waals surface area contributed by atoms with Crippen molar-refractivity contribution >= 4 is 27.5 Å². The summed E-state index contributed by atoms with van der Waals surface area (Å²) in [5.41, 5.74) is 0. The van der Waals surface area contributed by atoms with Crippen LogP contribution in [0.2, 0.25) is 0 Å². The number of halogens is 2. The minimum atomic E-state index is -3.66. The molecule has 1 aliphatic rings. The second-order valence-electron chi connectivity index (χ2n) is 4.73. The lowest BCUT2D eigenvalue weighted by molar-refractivity contribution is -0.128. The van der Waals surface area contributed by atoms with Gasteiger partial charge >= 0.3 is 0 Å². The van der Waals surface area contributed by atoms with Gasteiger partial charge < -0.3 is 4.90 Å². The van der Waals surface area contributed by atoms with E-state index in [0.717, 1.165) is 12.1 Å². The van der Waals surface area contributed by atoms with Gasteiger partial charge in [0.15, 0.2) is 0 Å². The van der Waals surface area contributed by atoms with Crippen LogP contribution in [0.25, 0.3) is 0 Å². The molecule has 1 aromatic rings. The summed E-state index contributed by atoms with van der Waals surface area (Å²) in [7, 11) is -3.66. The number of amides is 1. The Kier molecular flexibility index (Phi) is 5.18. The molecule has 0 saturated carbocycles. The third-order valence-electron chi connectivity index (χ3n) is 3.37. The summed E-state index contributed by atoms with van der Waals surface area (Å²) in [5, 5.41) is 0. The van der Waals surface area contributed by atoms with Crippen molar-refractivity contribution in [2.45, 2.75) is 11.3 Å². The number of carbonyl (C=O) groups excluding carboxylic acids is 1. The zero-order valence-electron chi connectivity index (χ0n) is 11.3. The Bertz CT molecular complexity index is 606. The molecule has 0 aromatic heterocycles. The Hall–Kier alpha value is -1.18. The van der Waals surface area contributed by atoms with Gasteiger partial charge in [0.25, 0.3) is 0 Å². The fourth-order valence-corrected chi connectivity index (χ4v) is 3.86. The van der Waals surface area contributed by atoms with Crippen LogP contribution in [0.15, 0.2) is 29.2 Å². The van der Waals surface area contributed by atoms with Crippen molar-refractivity contribution in [3.63, 3.8) is 0 Å². The average Bonchev–Trinajstić information content (AvgIpc) is 2.73. The van der Waals surface area contributed by atoms with E-state index < -0.39 is 15.8 Å². The van der Waals surface area contributed by atoms with Gasteiger partial charge in [-0.1, -0.05) is 0 Å². The van der Waals surface area contributed by atoms with Crippen LogP contribution in [0.1, 0.15) is 6.42 Å². The Morgan fingerprint density at radius 2 is 1.81 bits per heavy atom. The fourth-order valence-electron chi connectivity index (χ4n) is 2.22. The molecule has 1 heterocycles. The molecule has 116 valence electrons. The average molecular weight is 335 g/mol. The highest BCUT2D eigenvalue weighted by molar-refractivity contribution is 7.89. The smallest absolute Gasteiger partial charge is 0.243 e. The van der Waals surface area contributed by atoms with Gasteiger partial charge in [0.1, 0.15) is 11.7 Å². The van der Waals surface area contributed by atoms with Crippen LogP contribution < -0.4 is 0 Å². The molecule has 1 amide bonds. The first-order valence-corrected chi connectivity index (χ1v) is 8.52. The fraction of sp³-hybridized carbons (Fsp3) is 0.462.